The summed E-state index contributed by atoms with van der Waals surface area (Å²) in [5.41, 5.74) is -0.697. The van der Waals surface area contributed by atoms with Gasteiger partial charge in [0.2, 0.25) is 0 Å². The molecule has 0 amide bonds. The van der Waals surface area contributed by atoms with Gasteiger partial charge in [-0.05, 0) is 12.8 Å². The Labute approximate surface area is 82.2 Å². The van der Waals surface area contributed by atoms with Gasteiger partial charge in [-0.2, -0.15) is 0 Å². The monoisotopic (exact) mass is 198 g/mol. The fourth-order valence-corrected chi connectivity index (χ4v) is 2.65. The van der Waals surface area contributed by atoms with Gasteiger partial charge in [0.1, 0.15) is 11.4 Å². The number of rotatable bonds is 1. The van der Waals surface area contributed by atoms with Gasteiger partial charge in [-0.1, -0.05) is 0 Å². The number of Topliss-reactive ketones (excluding diaryl/α,β-unsaturated/α-hetero) is 1. The van der Waals surface area contributed by atoms with Crippen molar-refractivity contribution in [2.75, 3.05) is 0 Å². The summed E-state index contributed by atoms with van der Waals surface area (Å²) in [6.07, 6.45) is 1.44. The summed E-state index contributed by atoms with van der Waals surface area (Å²) in [6, 6.07) is 0. The highest BCUT2D eigenvalue weighted by molar-refractivity contribution is 5.85. The number of carbonyl (C=O) groups excluding carboxylic acids is 2. The molecule has 78 valence electrons. The van der Waals surface area contributed by atoms with Gasteiger partial charge in [-0.3, -0.25) is 9.59 Å². The number of ketones is 1. The fraction of sp³-hybridized carbons (Fsp3) is 0.800. The Morgan fingerprint density at radius 3 is 2.86 bits per heavy atom. The van der Waals surface area contributed by atoms with Gasteiger partial charge >= 0.3 is 5.97 Å². The molecule has 3 aliphatic rings. The molecule has 0 aromatic rings. The minimum Gasteiger partial charge on any atom is -0.459 e. The molecule has 3 fully saturated rings. The second-order valence-electron chi connectivity index (χ2n) is 4.34. The van der Waals surface area contributed by atoms with Crippen LogP contribution in [-0.2, 0) is 14.3 Å². The number of aliphatic hydroxyl groups is 1. The van der Waals surface area contributed by atoms with Crippen LogP contribution in [0.5, 0.6) is 0 Å². The number of esters is 1. The van der Waals surface area contributed by atoms with E-state index in [1.165, 1.54) is 6.92 Å². The van der Waals surface area contributed by atoms with Crippen molar-refractivity contribution in [1.29, 1.82) is 0 Å². The Kier molecular flexibility index (Phi) is 2.10. The molecule has 0 aliphatic heterocycles. The summed E-state index contributed by atoms with van der Waals surface area (Å²) >= 11 is 0. The molecule has 1 N–H and O–H groups in total. The van der Waals surface area contributed by atoms with E-state index in [1.54, 1.807) is 0 Å². The topological polar surface area (TPSA) is 63.6 Å². The zero-order chi connectivity index (χ0) is 10.3. The maximum absolute atomic E-state index is 11.5. The quantitative estimate of drug-likeness (QED) is 0.620. The predicted molar refractivity (Wildman–Crippen MR) is 47.5 cm³/mol. The Morgan fingerprint density at radius 2 is 2.36 bits per heavy atom. The van der Waals surface area contributed by atoms with E-state index < -0.39 is 11.7 Å². The molecule has 0 aromatic heterocycles. The molecule has 2 bridgehead atoms. The predicted octanol–water partition coefficient (Wildman–Crippen LogP) is 0.422. The number of carbonyl (C=O) groups is 2. The molecule has 3 aliphatic carbocycles. The summed E-state index contributed by atoms with van der Waals surface area (Å²) in [5.74, 6) is -0.547. The van der Waals surface area contributed by atoms with Crippen LogP contribution in [0.3, 0.4) is 0 Å². The highest BCUT2D eigenvalue weighted by atomic mass is 16.6. The molecule has 0 saturated heterocycles. The Hall–Kier alpha value is -0.900. The normalized spacial score (nSPS) is 41.1. The summed E-state index contributed by atoms with van der Waals surface area (Å²) in [4.78, 5) is 22.4. The van der Waals surface area contributed by atoms with Gasteiger partial charge < -0.3 is 9.84 Å². The van der Waals surface area contributed by atoms with E-state index in [0.29, 0.717) is 19.3 Å². The summed E-state index contributed by atoms with van der Waals surface area (Å²) in [6.45, 7) is 1.34. The van der Waals surface area contributed by atoms with Crippen molar-refractivity contribution in [1.82, 2.24) is 0 Å². The van der Waals surface area contributed by atoms with E-state index in [0.717, 1.165) is 0 Å². The van der Waals surface area contributed by atoms with Crippen LogP contribution in [0.15, 0.2) is 0 Å². The Morgan fingerprint density at radius 1 is 1.64 bits per heavy atom. The SMILES string of the molecule is CC(=O)O[C@@]12CC[C@@H](C(=O)C1)[C@@H](O)C2. The molecule has 0 aromatic carbocycles. The number of ether oxygens (including phenoxy) is 1. The van der Waals surface area contributed by atoms with Crippen LogP contribution in [-0.4, -0.2) is 28.6 Å². The third-order valence-electron chi connectivity index (χ3n) is 3.23. The van der Waals surface area contributed by atoms with Crippen LogP contribution in [0.4, 0.5) is 0 Å². The van der Waals surface area contributed by atoms with E-state index in [1.807, 2.05) is 0 Å². The van der Waals surface area contributed by atoms with E-state index in [2.05, 4.69) is 0 Å². The first-order valence-corrected chi connectivity index (χ1v) is 4.93. The molecule has 0 spiro atoms. The zero-order valence-corrected chi connectivity index (χ0v) is 8.16. The van der Waals surface area contributed by atoms with Crippen LogP contribution in [0.2, 0.25) is 0 Å². The zero-order valence-electron chi connectivity index (χ0n) is 8.16. The second kappa shape index (κ2) is 3.05. The number of aliphatic hydroxyl groups excluding tert-OH is 1. The van der Waals surface area contributed by atoms with Gasteiger partial charge in [-0.15, -0.1) is 0 Å². The molecule has 4 nitrogen and oxygen atoms in total. The first kappa shape index (κ1) is 9.65. The molecular weight excluding hydrogens is 184 g/mol. The molecule has 14 heavy (non-hydrogen) atoms. The molecule has 0 radical (unpaired) electrons. The molecule has 0 unspecified atom stereocenters. The van der Waals surface area contributed by atoms with Crippen molar-refractivity contribution >= 4 is 11.8 Å². The van der Waals surface area contributed by atoms with Crippen LogP contribution >= 0.6 is 0 Å². The maximum atomic E-state index is 11.5. The number of fused-ring (bicyclic) bond motifs is 3. The fourth-order valence-electron chi connectivity index (χ4n) is 2.65. The third-order valence-corrected chi connectivity index (χ3v) is 3.23. The molecular formula is C10H14O4. The highest BCUT2D eigenvalue weighted by Gasteiger charge is 2.52. The van der Waals surface area contributed by atoms with Crippen LogP contribution in [0.25, 0.3) is 0 Å². The van der Waals surface area contributed by atoms with E-state index >= 15 is 0 Å². The lowest BCUT2D eigenvalue weighted by Gasteiger charge is -2.46. The summed E-state index contributed by atoms with van der Waals surface area (Å²) in [5, 5.41) is 9.64. The minimum absolute atomic E-state index is 0.0382. The van der Waals surface area contributed by atoms with Gasteiger partial charge in [0.25, 0.3) is 0 Å². The number of hydrogen-bond acceptors (Lipinski definition) is 4. The highest BCUT2D eigenvalue weighted by Crippen LogP contribution is 2.44. The van der Waals surface area contributed by atoms with Crippen molar-refractivity contribution in [3.05, 3.63) is 0 Å². The lowest BCUT2D eigenvalue weighted by molar-refractivity contribution is -0.181. The molecule has 0 heterocycles. The molecule has 4 heteroatoms. The van der Waals surface area contributed by atoms with Crippen LogP contribution < -0.4 is 0 Å². The molecule has 3 saturated carbocycles. The maximum Gasteiger partial charge on any atom is 0.303 e. The minimum atomic E-state index is -0.697. The average Bonchev–Trinajstić information content (AvgIpc) is 2.00. The third kappa shape index (κ3) is 1.43. The molecule has 3 rings (SSSR count). The van der Waals surface area contributed by atoms with Crippen molar-refractivity contribution in [2.24, 2.45) is 5.92 Å². The average molecular weight is 198 g/mol. The summed E-state index contributed by atoms with van der Waals surface area (Å²) < 4.78 is 5.19. The van der Waals surface area contributed by atoms with Crippen LogP contribution in [0, 0.1) is 5.92 Å². The Bertz CT molecular complexity index is 282. The first-order chi connectivity index (χ1) is 6.52. The first-order valence-electron chi connectivity index (χ1n) is 4.93. The van der Waals surface area contributed by atoms with Gasteiger partial charge in [0.15, 0.2) is 0 Å². The lowest BCUT2D eigenvalue weighted by atomic mass is 9.65. The van der Waals surface area contributed by atoms with E-state index in [9.17, 15) is 14.7 Å². The van der Waals surface area contributed by atoms with Gasteiger partial charge in [0.05, 0.1) is 6.10 Å². The second-order valence-corrected chi connectivity index (χ2v) is 4.34. The van der Waals surface area contributed by atoms with Crippen LogP contribution in [0.1, 0.15) is 32.6 Å². The van der Waals surface area contributed by atoms with Crippen molar-refractivity contribution in [3.8, 4) is 0 Å². The largest absolute Gasteiger partial charge is 0.459 e. The van der Waals surface area contributed by atoms with Crippen molar-refractivity contribution in [3.63, 3.8) is 0 Å². The van der Waals surface area contributed by atoms with Crippen molar-refractivity contribution in [2.45, 2.75) is 44.3 Å². The molecule has 3 atom stereocenters. The smallest absolute Gasteiger partial charge is 0.303 e. The standard InChI is InChI=1S/C10H14O4/c1-6(11)14-10-3-2-7(8(12)4-10)9(13)5-10/h7-8,12H,2-5H2,1H3/t7-,8+,10-/m1/s1. The van der Waals surface area contributed by atoms with Gasteiger partial charge in [-0.25, -0.2) is 0 Å². The van der Waals surface area contributed by atoms with E-state index in [-0.39, 0.29) is 24.1 Å². The Balaban J connectivity index is 2.19. The van der Waals surface area contributed by atoms with Gasteiger partial charge in [0, 0.05) is 25.7 Å². The lowest BCUT2D eigenvalue weighted by Crippen LogP contribution is -2.54. The van der Waals surface area contributed by atoms with Crippen molar-refractivity contribution < 1.29 is 19.4 Å². The number of hydrogen-bond donors (Lipinski definition) is 1. The summed E-state index contributed by atoms with van der Waals surface area (Å²) in [7, 11) is 0. The van der Waals surface area contributed by atoms with E-state index in [4.69, 9.17) is 4.74 Å².